The molecule has 0 bridgehead atoms. The van der Waals surface area contributed by atoms with E-state index in [9.17, 15) is 0 Å². The number of hydrogen-bond acceptors (Lipinski definition) is 1. The van der Waals surface area contributed by atoms with Gasteiger partial charge in [-0.1, -0.05) is 40.7 Å². The zero-order valence-electron chi connectivity index (χ0n) is 9.91. The summed E-state index contributed by atoms with van der Waals surface area (Å²) in [7, 11) is 0. The van der Waals surface area contributed by atoms with Gasteiger partial charge < -0.3 is 0 Å². The predicted molar refractivity (Wildman–Crippen MR) is 61.3 cm³/mol. The second-order valence-corrected chi connectivity index (χ2v) is 4.83. The van der Waals surface area contributed by atoms with Gasteiger partial charge in [0.2, 0.25) is 0 Å². The van der Waals surface area contributed by atoms with Crippen LogP contribution in [-0.2, 0) is 5.41 Å². The van der Waals surface area contributed by atoms with Crippen LogP contribution < -0.4 is 0 Å². The van der Waals surface area contributed by atoms with Gasteiger partial charge in [0.25, 0.3) is 0 Å². The molecule has 78 valence electrons. The molecule has 1 rings (SSSR count). The SMILES string of the molecule is CC(C)C(C)(c1cccnc1)C(C)C. The Morgan fingerprint density at radius 2 is 1.71 bits per heavy atom. The number of nitrogens with zero attached hydrogens (tertiary/aromatic N) is 1. The molecule has 0 aliphatic heterocycles. The molecule has 1 heterocycles. The minimum absolute atomic E-state index is 0.230. The van der Waals surface area contributed by atoms with Gasteiger partial charge in [-0.15, -0.1) is 0 Å². The highest BCUT2D eigenvalue weighted by molar-refractivity contribution is 5.22. The number of rotatable bonds is 3. The Hall–Kier alpha value is -0.850. The number of pyridine rings is 1. The van der Waals surface area contributed by atoms with E-state index in [-0.39, 0.29) is 5.41 Å². The van der Waals surface area contributed by atoms with Crippen LogP contribution in [0.1, 0.15) is 40.2 Å². The van der Waals surface area contributed by atoms with Crippen molar-refractivity contribution in [2.24, 2.45) is 11.8 Å². The third-order valence-corrected chi connectivity index (χ3v) is 3.68. The van der Waals surface area contributed by atoms with Crippen molar-refractivity contribution >= 4 is 0 Å². The molecule has 0 amide bonds. The Morgan fingerprint density at radius 1 is 1.14 bits per heavy atom. The molecule has 1 nitrogen and oxygen atoms in total. The van der Waals surface area contributed by atoms with Crippen molar-refractivity contribution in [1.29, 1.82) is 0 Å². The van der Waals surface area contributed by atoms with Gasteiger partial charge in [0, 0.05) is 12.4 Å². The van der Waals surface area contributed by atoms with Crippen LogP contribution in [0.4, 0.5) is 0 Å². The van der Waals surface area contributed by atoms with Crippen LogP contribution in [0.3, 0.4) is 0 Å². The molecule has 1 aromatic heterocycles. The van der Waals surface area contributed by atoms with Gasteiger partial charge in [0.05, 0.1) is 0 Å². The molecule has 0 fully saturated rings. The highest BCUT2D eigenvalue weighted by Crippen LogP contribution is 2.38. The molecule has 14 heavy (non-hydrogen) atoms. The second-order valence-electron chi connectivity index (χ2n) is 4.83. The molecule has 0 unspecified atom stereocenters. The first-order valence-electron chi connectivity index (χ1n) is 5.40. The molecule has 1 heteroatoms. The molecule has 0 atom stereocenters. The maximum absolute atomic E-state index is 4.22. The van der Waals surface area contributed by atoms with E-state index in [1.807, 2.05) is 18.5 Å². The fourth-order valence-corrected chi connectivity index (χ4v) is 2.01. The zero-order chi connectivity index (χ0) is 10.8. The molecule has 0 N–H and O–H groups in total. The van der Waals surface area contributed by atoms with Crippen LogP contribution in [0.25, 0.3) is 0 Å². The molecular weight excluding hydrogens is 170 g/mol. The summed E-state index contributed by atoms with van der Waals surface area (Å²) in [4.78, 5) is 4.22. The average Bonchev–Trinajstić information content (AvgIpc) is 2.17. The van der Waals surface area contributed by atoms with Crippen molar-refractivity contribution in [3.05, 3.63) is 30.1 Å². The van der Waals surface area contributed by atoms with Gasteiger partial charge in [-0.05, 0) is 28.9 Å². The van der Waals surface area contributed by atoms with E-state index < -0.39 is 0 Å². The second kappa shape index (κ2) is 4.12. The normalized spacial score (nSPS) is 12.5. The highest BCUT2D eigenvalue weighted by Gasteiger charge is 2.33. The molecule has 0 saturated heterocycles. The average molecular weight is 191 g/mol. The summed E-state index contributed by atoms with van der Waals surface area (Å²) in [6.45, 7) is 11.5. The van der Waals surface area contributed by atoms with Gasteiger partial charge in [0.1, 0.15) is 0 Å². The monoisotopic (exact) mass is 191 g/mol. The lowest BCUT2D eigenvalue weighted by Gasteiger charge is -2.38. The van der Waals surface area contributed by atoms with E-state index in [1.165, 1.54) is 5.56 Å². The molecule has 0 spiro atoms. The van der Waals surface area contributed by atoms with E-state index in [2.05, 4.69) is 45.7 Å². The van der Waals surface area contributed by atoms with Crippen LogP contribution in [0.5, 0.6) is 0 Å². The molecule has 1 aromatic rings. The Kier molecular flexibility index (Phi) is 3.30. The first-order valence-corrected chi connectivity index (χ1v) is 5.40. The van der Waals surface area contributed by atoms with Crippen molar-refractivity contribution in [3.8, 4) is 0 Å². The summed E-state index contributed by atoms with van der Waals surface area (Å²) < 4.78 is 0. The Balaban J connectivity index is 3.13. The zero-order valence-corrected chi connectivity index (χ0v) is 9.91. The summed E-state index contributed by atoms with van der Waals surface area (Å²) in [5.41, 5.74) is 1.58. The fourth-order valence-electron chi connectivity index (χ4n) is 2.01. The molecule has 0 saturated carbocycles. The Morgan fingerprint density at radius 3 is 2.07 bits per heavy atom. The highest BCUT2D eigenvalue weighted by atomic mass is 14.6. The molecule has 0 radical (unpaired) electrons. The van der Waals surface area contributed by atoms with Crippen molar-refractivity contribution in [2.75, 3.05) is 0 Å². The number of aromatic nitrogens is 1. The Labute approximate surface area is 87.6 Å². The van der Waals surface area contributed by atoms with Crippen LogP contribution in [0.15, 0.2) is 24.5 Å². The van der Waals surface area contributed by atoms with Gasteiger partial charge >= 0.3 is 0 Å². The fraction of sp³-hybridized carbons (Fsp3) is 0.615. The third kappa shape index (κ3) is 1.82. The maximum atomic E-state index is 4.22. The molecule has 0 aliphatic rings. The van der Waals surface area contributed by atoms with Gasteiger partial charge in [-0.2, -0.15) is 0 Å². The number of hydrogen-bond donors (Lipinski definition) is 0. The van der Waals surface area contributed by atoms with E-state index in [0.717, 1.165) is 0 Å². The van der Waals surface area contributed by atoms with E-state index >= 15 is 0 Å². The topological polar surface area (TPSA) is 12.9 Å². The van der Waals surface area contributed by atoms with E-state index in [4.69, 9.17) is 0 Å². The lowest BCUT2D eigenvalue weighted by molar-refractivity contribution is 0.244. The largest absolute Gasteiger partial charge is 0.264 e. The molecule has 0 aliphatic carbocycles. The predicted octanol–water partition coefficient (Wildman–Crippen LogP) is 3.65. The Bertz CT molecular complexity index is 267. The van der Waals surface area contributed by atoms with Gasteiger partial charge in [-0.25, -0.2) is 0 Å². The summed E-state index contributed by atoms with van der Waals surface area (Å²) in [6.07, 6.45) is 3.84. The van der Waals surface area contributed by atoms with E-state index in [1.54, 1.807) is 0 Å². The summed E-state index contributed by atoms with van der Waals surface area (Å²) in [5, 5.41) is 0. The third-order valence-electron chi connectivity index (χ3n) is 3.68. The van der Waals surface area contributed by atoms with Gasteiger partial charge in [0.15, 0.2) is 0 Å². The van der Waals surface area contributed by atoms with Crippen LogP contribution in [0, 0.1) is 11.8 Å². The molecular formula is C13H21N. The van der Waals surface area contributed by atoms with Crippen molar-refractivity contribution < 1.29 is 0 Å². The minimum Gasteiger partial charge on any atom is -0.264 e. The van der Waals surface area contributed by atoms with Crippen LogP contribution >= 0.6 is 0 Å². The smallest absolute Gasteiger partial charge is 0.0305 e. The van der Waals surface area contributed by atoms with Crippen molar-refractivity contribution in [1.82, 2.24) is 4.98 Å². The lowest BCUT2D eigenvalue weighted by atomic mass is 9.66. The maximum Gasteiger partial charge on any atom is 0.0305 e. The summed E-state index contributed by atoms with van der Waals surface area (Å²) >= 11 is 0. The molecule has 0 aromatic carbocycles. The first-order chi connectivity index (χ1) is 6.49. The standard InChI is InChI=1S/C13H21N/c1-10(2)13(5,11(3)4)12-7-6-8-14-9-12/h6-11H,1-5H3. The summed E-state index contributed by atoms with van der Waals surface area (Å²) in [5.74, 6) is 1.26. The first kappa shape index (κ1) is 11.2. The minimum atomic E-state index is 0.230. The summed E-state index contributed by atoms with van der Waals surface area (Å²) in [6, 6.07) is 4.21. The van der Waals surface area contributed by atoms with Crippen LogP contribution in [0.2, 0.25) is 0 Å². The van der Waals surface area contributed by atoms with Crippen molar-refractivity contribution in [3.63, 3.8) is 0 Å². The quantitative estimate of drug-likeness (QED) is 0.710. The van der Waals surface area contributed by atoms with E-state index in [0.29, 0.717) is 11.8 Å². The van der Waals surface area contributed by atoms with Crippen molar-refractivity contribution in [2.45, 2.75) is 40.0 Å². The lowest BCUT2D eigenvalue weighted by Crippen LogP contribution is -2.34. The van der Waals surface area contributed by atoms with Gasteiger partial charge in [-0.3, -0.25) is 4.98 Å². The van der Waals surface area contributed by atoms with Crippen LogP contribution in [-0.4, -0.2) is 4.98 Å².